The fraction of sp³-hybridized carbons (Fsp3) is 0. The summed E-state index contributed by atoms with van der Waals surface area (Å²) in [6, 6.07) is 54.2. The third-order valence-corrected chi connectivity index (χ3v) is 10.6. The van der Waals surface area contributed by atoms with Gasteiger partial charge in [0, 0.05) is 44.8 Å². The summed E-state index contributed by atoms with van der Waals surface area (Å²) in [5.74, 6) is 2.39. The maximum absolute atomic E-state index is 6.71. The van der Waals surface area contributed by atoms with Crippen LogP contribution in [0.4, 0.5) is 0 Å². The first-order valence-electron chi connectivity index (χ1n) is 16.9. The molecule has 3 aromatic heterocycles. The molecule has 5 heterocycles. The van der Waals surface area contributed by atoms with Gasteiger partial charge in [0.2, 0.25) is 0 Å². The third kappa shape index (κ3) is 3.35. The van der Waals surface area contributed by atoms with E-state index >= 15 is 0 Å². The molecule has 0 saturated heterocycles. The summed E-state index contributed by atoms with van der Waals surface area (Å²) in [5.41, 5.74) is 10.8. The molecule has 12 rings (SSSR count). The molecule has 0 unspecified atom stereocenters. The van der Waals surface area contributed by atoms with Crippen molar-refractivity contribution in [2.24, 2.45) is 0 Å². The largest absolute Gasteiger partial charge is 0.458 e. The highest BCUT2D eigenvalue weighted by atomic mass is 16.5. The Morgan fingerprint density at radius 1 is 0.440 bits per heavy atom. The van der Waals surface area contributed by atoms with Gasteiger partial charge in [0.25, 0.3) is 6.01 Å². The molecule has 50 heavy (non-hydrogen) atoms. The lowest BCUT2D eigenvalue weighted by Gasteiger charge is -2.32. The molecule has 6 nitrogen and oxygen atoms in total. The van der Waals surface area contributed by atoms with E-state index in [1.165, 1.54) is 32.6 Å². The van der Waals surface area contributed by atoms with Crippen molar-refractivity contribution < 1.29 is 9.47 Å². The minimum Gasteiger partial charge on any atom is -0.458 e. The van der Waals surface area contributed by atoms with Crippen molar-refractivity contribution >= 4 is 72.4 Å². The van der Waals surface area contributed by atoms with Crippen LogP contribution in [0.2, 0.25) is 0 Å². The van der Waals surface area contributed by atoms with Crippen molar-refractivity contribution in [3.8, 4) is 34.6 Å². The summed E-state index contributed by atoms with van der Waals surface area (Å²) in [5, 5.41) is 4.87. The Morgan fingerprint density at radius 2 is 1.00 bits per heavy atom. The zero-order chi connectivity index (χ0) is 32.5. The van der Waals surface area contributed by atoms with Crippen LogP contribution in [0.3, 0.4) is 0 Å². The summed E-state index contributed by atoms with van der Waals surface area (Å²) in [6.07, 6.45) is 0. The molecular weight excluding hydrogens is 615 g/mol. The van der Waals surface area contributed by atoms with Gasteiger partial charge in [0.05, 0.1) is 38.8 Å². The van der Waals surface area contributed by atoms with Gasteiger partial charge in [-0.15, -0.1) is 0 Å². The smallest absolute Gasteiger partial charge is 0.344 e. The van der Waals surface area contributed by atoms with E-state index in [9.17, 15) is 0 Å². The number of hydrogen-bond acceptors (Lipinski definition) is 3. The molecular formula is C43H25BN4O2. The Balaban J connectivity index is 1.10. The van der Waals surface area contributed by atoms with E-state index in [4.69, 9.17) is 14.5 Å². The van der Waals surface area contributed by atoms with Crippen molar-refractivity contribution in [3.05, 3.63) is 152 Å². The van der Waals surface area contributed by atoms with E-state index < -0.39 is 0 Å². The van der Waals surface area contributed by atoms with E-state index in [2.05, 4.69) is 147 Å². The van der Waals surface area contributed by atoms with Gasteiger partial charge in [-0.1, -0.05) is 84.9 Å². The Hall–Kier alpha value is -6.73. The highest BCUT2D eigenvalue weighted by Crippen LogP contribution is 2.42. The van der Waals surface area contributed by atoms with Gasteiger partial charge in [-0.3, -0.25) is 0 Å². The van der Waals surface area contributed by atoms with Crippen molar-refractivity contribution in [1.82, 2.24) is 18.6 Å². The van der Waals surface area contributed by atoms with Crippen LogP contribution in [-0.4, -0.2) is 25.4 Å². The second-order valence-electron chi connectivity index (χ2n) is 13.2. The van der Waals surface area contributed by atoms with Gasteiger partial charge in [0.1, 0.15) is 17.2 Å². The first-order chi connectivity index (χ1) is 24.8. The van der Waals surface area contributed by atoms with Crippen LogP contribution >= 0.6 is 0 Å². The second-order valence-corrected chi connectivity index (χ2v) is 13.2. The van der Waals surface area contributed by atoms with E-state index in [1.807, 2.05) is 18.2 Å². The van der Waals surface area contributed by atoms with E-state index in [0.29, 0.717) is 6.01 Å². The normalized spacial score (nSPS) is 13.1. The number of imidazole rings is 1. The zero-order valence-electron chi connectivity index (χ0n) is 26.6. The summed E-state index contributed by atoms with van der Waals surface area (Å²) >= 11 is 0. The zero-order valence-corrected chi connectivity index (χ0v) is 26.6. The van der Waals surface area contributed by atoms with E-state index in [0.717, 1.165) is 61.6 Å². The van der Waals surface area contributed by atoms with Crippen molar-refractivity contribution in [2.45, 2.75) is 0 Å². The summed E-state index contributed by atoms with van der Waals surface area (Å²) < 4.78 is 20.3. The number of benzene rings is 7. The van der Waals surface area contributed by atoms with Crippen LogP contribution in [-0.2, 0) is 0 Å². The molecule has 0 saturated carbocycles. The lowest BCUT2D eigenvalue weighted by molar-refractivity contribution is 0.429. The van der Waals surface area contributed by atoms with Crippen LogP contribution in [0.1, 0.15) is 0 Å². The van der Waals surface area contributed by atoms with Crippen LogP contribution in [0, 0.1) is 0 Å². The first kappa shape index (κ1) is 26.3. The topological polar surface area (TPSA) is 46.1 Å². The second kappa shape index (κ2) is 9.46. The number of hydrogen-bond donors (Lipinski definition) is 0. The van der Waals surface area contributed by atoms with Gasteiger partial charge in [0.15, 0.2) is 0 Å². The molecule has 7 heteroatoms. The summed E-state index contributed by atoms with van der Waals surface area (Å²) in [6.45, 7) is -0.123. The van der Waals surface area contributed by atoms with Crippen LogP contribution in [0.5, 0.6) is 23.3 Å². The minimum absolute atomic E-state index is 0.123. The highest BCUT2D eigenvalue weighted by molar-refractivity contribution is 6.87. The van der Waals surface area contributed by atoms with Gasteiger partial charge >= 0.3 is 6.85 Å². The number of para-hydroxylation sites is 6. The number of nitrogens with zero attached hydrogens (tertiary/aromatic N) is 4. The molecule has 0 bridgehead atoms. The van der Waals surface area contributed by atoms with Crippen molar-refractivity contribution in [3.63, 3.8) is 0 Å². The van der Waals surface area contributed by atoms with E-state index in [1.54, 1.807) is 0 Å². The molecule has 2 aliphatic rings. The number of ether oxygens (including phenoxy) is 2. The molecule has 0 atom stereocenters. The minimum atomic E-state index is -0.123. The molecule has 0 fully saturated rings. The molecule has 7 aromatic carbocycles. The van der Waals surface area contributed by atoms with Gasteiger partial charge in [-0.2, -0.15) is 4.98 Å². The molecule has 2 aliphatic heterocycles. The lowest BCUT2D eigenvalue weighted by atomic mass is 9.48. The SMILES string of the molecule is c1ccc2c(c1)Oc1cc(-n3c4ccccc4c4cc(-n5c6ccccc6c6ccccc65)ccc43)cc3c1B2n1c(nc2ccccc21)O3. The fourth-order valence-corrected chi connectivity index (χ4v) is 8.52. The maximum atomic E-state index is 6.71. The van der Waals surface area contributed by atoms with Crippen LogP contribution in [0.15, 0.2) is 152 Å². The van der Waals surface area contributed by atoms with Crippen molar-refractivity contribution in [1.29, 1.82) is 0 Å². The molecule has 0 amide bonds. The predicted molar refractivity (Wildman–Crippen MR) is 202 cm³/mol. The van der Waals surface area contributed by atoms with E-state index in [-0.39, 0.29) is 6.85 Å². The molecule has 0 aliphatic carbocycles. The predicted octanol–water partition coefficient (Wildman–Crippen LogP) is 9.10. The monoisotopic (exact) mass is 640 g/mol. The first-order valence-corrected chi connectivity index (χ1v) is 16.9. The van der Waals surface area contributed by atoms with Crippen LogP contribution < -0.4 is 20.4 Å². The Kier molecular flexibility index (Phi) is 4.96. The highest BCUT2D eigenvalue weighted by Gasteiger charge is 2.42. The van der Waals surface area contributed by atoms with Crippen molar-refractivity contribution in [2.75, 3.05) is 0 Å². The lowest BCUT2D eigenvalue weighted by Crippen LogP contribution is -2.54. The maximum Gasteiger partial charge on any atom is 0.344 e. The number of aromatic nitrogens is 4. The fourth-order valence-electron chi connectivity index (χ4n) is 8.52. The molecule has 0 spiro atoms. The molecule has 0 N–H and O–H groups in total. The molecule has 232 valence electrons. The molecule has 10 aromatic rings. The Labute approximate surface area is 286 Å². The average molecular weight is 641 g/mol. The molecule has 0 radical (unpaired) electrons. The number of fused-ring (bicyclic) bond motifs is 12. The summed E-state index contributed by atoms with van der Waals surface area (Å²) in [7, 11) is 0. The van der Waals surface area contributed by atoms with Crippen LogP contribution in [0.25, 0.3) is 66.0 Å². The van der Waals surface area contributed by atoms with Gasteiger partial charge in [-0.05, 0) is 60.1 Å². The summed E-state index contributed by atoms with van der Waals surface area (Å²) in [4.78, 5) is 4.94. The van der Waals surface area contributed by atoms with Gasteiger partial charge in [-0.25, -0.2) is 0 Å². The number of rotatable bonds is 2. The van der Waals surface area contributed by atoms with Gasteiger partial charge < -0.3 is 23.1 Å². The Morgan fingerprint density at radius 3 is 1.74 bits per heavy atom. The average Bonchev–Trinajstić information content (AvgIpc) is 3.82. The Bertz CT molecular complexity index is 3030. The quantitative estimate of drug-likeness (QED) is 0.177. The standard InChI is InChI=1S/C43H25BN4O2/c1-6-16-34-28(11-1)29-12-2-7-17-35(29)46(34)26-21-22-37-31(23-26)30-13-3-8-18-36(30)47(37)27-24-40-42-41(25-27)50-43-45-33-15-5-9-19-38(33)48(43)44(42)32-14-4-10-20-39(32)49-40/h1-25H. The third-order valence-electron chi connectivity index (χ3n) is 10.6.